The van der Waals surface area contributed by atoms with Gasteiger partial charge >= 0.3 is 30.0 Å². The van der Waals surface area contributed by atoms with E-state index in [9.17, 15) is 38.6 Å². The summed E-state index contributed by atoms with van der Waals surface area (Å²) in [4.78, 5) is 72.2. The number of piperazine rings is 1. The smallest absolute Gasteiger partial charge is 0.410 e. The minimum Gasteiger partial charge on any atom is -0.478 e. The molecule has 15 nitrogen and oxygen atoms in total. The highest BCUT2D eigenvalue weighted by atomic mass is 19.1. The highest BCUT2D eigenvalue weighted by Gasteiger charge is 2.41. The summed E-state index contributed by atoms with van der Waals surface area (Å²) in [6.07, 6.45) is -1.34. The predicted molar refractivity (Wildman–Crippen MR) is 205 cm³/mol. The molecule has 0 aliphatic carbocycles. The van der Waals surface area contributed by atoms with Crippen LogP contribution in [0.3, 0.4) is 0 Å². The van der Waals surface area contributed by atoms with Gasteiger partial charge < -0.3 is 40.0 Å². The molecule has 16 heteroatoms. The molecule has 3 unspecified atom stereocenters. The molecule has 1 aromatic heterocycles. The Morgan fingerprint density at radius 3 is 1.49 bits per heavy atom. The van der Waals surface area contributed by atoms with Gasteiger partial charge in [0.15, 0.2) is 0 Å². The minimum absolute atomic E-state index is 0.0332. The number of hydrogen-bond acceptors (Lipinski definition) is 12. The number of amides is 1. The fourth-order valence-electron chi connectivity index (χ4n) is 5.36. The summed E-state index contributed by atoms with van der Waals surface area (Å²) < 4.78 is 28.3. The van der Waals surface area contributed by atoms with Gasteiger partial charge in [-0.2, -0.15) is 0 Å². The Labute approximate surface area is 329 Å². The molecule has 1 fully saturated rings. The third-order valence-corrected chi connectivity index (χ3v) is 8.70. The Hall–Kier alpha value is -6.42. The van der Waals surface area contributed by atoms with E-state index in [-0.39, 0.29) is 23.0 Å². The van der Waals surface area contributed by atoms with Crippen LogP contribution in [0.25, 0.3) is 0 Å². The number of benzene rings is 3. The van der Waals surface area contributed by atoms with Crippen molar-refractivity contribution in [2.75, 3.05) is 31.1 Å². The van der Waals surface area contributed by atoms with Crippen LogP contribution in [0.5, 0.6) is 0 Å². The number of anilines is 1. The summed E-state index contributed by atoms with van der Waals surface area (Å²) in [6.45, 7) is 13.3. The molecule has 0 bridgehead atoms. The number of aryl methyl sites for hydroxylation is 2. The van der Waals surface area contributed by atoms with Crippen LogP contribution in [0.1, 0.15) is 70.7 Å². The summed E-state index contributed by atoms with van der Waals surface area (Å²) in [6, 6.07) is 18.2. The van der Waals surface area contributed by atoms with Crippen LogP contribution < -0.4 is 10.6 Å². The number of carboxylic acid groups (broad SMARTS) is 2. The van der Waals surface area contributed by atoms with Gasteiger partial charge in [0.2, 0.25) is 18.2 Å². The van der Waals surface area contributed by atoms with E-state index >= 15 is 0 Å². The second kappa shape index (κ2) is 18.5. The molecule has 1 amide bonds. The lowest BCUT2D eigenvalue weighted by Gasteiger charge is -2.35. The van der Waals surface area contributed by atoms with E-state index in [0.29, 0.717) is 32.1 Å². The van der Waals surface area contributed by atoms with E-state index < -0.39 is 47.2 Å². The molecule has 1 aliphatic heterocycles. The molecular weight excluding hydrogens is 741 g/mol. The fraction of sp³-hybridized carbons (Fsp3) is 0.341. The highest BCUT2D eigenvalue weighted by molar-refractivity contribution is 5.95. The molecule has 4 N–H and O–H groups in total. The molecule has 0 radical (unpaired) electrons. The largest absolute Gasteiger partial charge is 0.478 e. The second-order valence-corrected chi connectivity index (χ2v) is 14.5. The quantitative estimate of drug-likeness (QED) is 0.141. The van der Waals surface area contributed by atoms with Crippen LogP contribution in [-0.2, 0) is 29.3 Å². The van der Waals surface area contributed by atoms with Gasteiger partial charge in [0.1, 0.15) is 11.4 Å². The molecule has 3 aromatic carbocycles. The van der Waals surface area contributed by atoms with Crippen molar-refractivity contribution >= 4 is 35.9 Å². The number of aliphatic carboxylic acids is 2. The number of rotatable bonds is 10. The number of carbonyl (C=O) groups is 5. The molecule has 1 saturated heterocycles. The molecule has 2 heterocycles. The zero-order valence-corrected chi connectivity index (χ0v) is 32.5. The highest BCUT2D eigenvalue weighted by Crippen LogP contribution is 2.27. The summed E-state index contributed by atoms with van der Waals surface area (Å²) >= 11 is 0. The lowest BCUT2D eigenvalue weighted by molar-refractivity contribution is -0.166. The van der Waals surface area contributed by atoms with Crippen molar-refractivity contribution < 1.29 is 52.8 Å². The van der Waals surface area contributed by atoms with E-state index in [4.69, 9.17) is 19.9 Å². The standard InChI is InChI=1S/C21H28FN5O2.C20H18O8/c1-20(2,3)29-19(28)27-11-9-26(10-12-27)18-24-13-16(14-25-18)21(4,23)15-5-7-17(22)8-6-15;1-11-3-7-13(8-4-11)19(25)27-15(17(21)22)16(18(23)24)28-20(26)14-9-5-12(2)6-10-14/h5-8,13-14H,9-12,23H2,1-4H3;3-10,15-16H,1-2H3,(H,21,22)(H,23,24). The first-order chi connectivity index (χ1) is 26.7. The number of aromatic nitrogens is 2. The number of nitrogens with zero attached hydrogens (tertiary/aromatic N) is 4. The monoisotopic (exact) mass is 787 g/mol. The third kappa shape index (κ3) is 12.0. The lowest BCUT2D eigenvalue weighted by atomic mass is 9.87. The van der Waals surface area contributed by atoms with Gasteiger partial charge in [0.05, 0.1) is 16.7 Å². The maximum Gasteiger partial charge on any atom is 0.410 e. The Morgan fingerprint density at radius 1 is 0.684 bits per heavy atom. The minimum atomic E-state index is -2.22. The number of carboxylic acids is 2. The van der Waals surface area contributed by atoms with Crippen LogP contribution in [0.4, 0.5) is 15.1 Å². The number of esters is 2. The van der Waals surface area contributed by atoms with E-state index in [1.165, 1.54) is 36.4 Å². The van der Waals surface area contributed by atoms with Crippen molar-refractivity contribution in [3.05, 3.63) is 124 Å². The first-order valence-electron chi connectivity index (χ1n) is 17.9. The first kappa shape index (κ1) is 43.3. The molecule has 302 valence electrons. The van der Waals surface area contributed by atoms with Crippen molar-refractivity contribution in [3.8, 4) is 0 Å². The van der Waals surface area contributed by atoms with Crippen molar-refractivity contribution in [2.45, 2.75) is 64.9 Å². The van der Waals surface area contributed by atoms with Crippen molar-refractivity contribution in [1.29, 1.82) is 0 Å². The summed E-state index contributed by atoms with van der Waals surface area (Å²) in [5.74, 6) is -5.33. The van der Waals surface area contributed by atoms with Gasteiger partial charge in [-0.05, 0) is 83.5 Å². The molecule has 0 saturated carbocycles. The summed E-state index contributed by atoms with van der Waals surface area (Å²) in [5.41, 5.74) is 8.43. The molecular formula is C41H46FN5O10. The Balaban J connectivity index is 0.000000253. The average Bonchev–Trinajstić information content (AvgIpc) is 3.16. The predicted octanol–water partition coefficient (Wildman–Crippen LogP) is 5.12. The Kier molecular flexibility index (Phi) is 14.0. The second-order valence-electron chi connectivity index (χ2n) is 14.5. The van der Waals surface area contributed by atoms with Crippen molar-refractivity contribution in [1.82, 2.24) is 14.9 Å². The molecule has 1 aliphatic rings. The van der Waals surface area contributed by atoms with Gasteiger partial charge in [-0.3, -0.25) is 0 Å². The number of ether oxygens (including phenoxy) is 3. The van der Waals surface area contributed by atoms with Gasteiger partial charge in [0.25, 0.3) is 0 Å². The topological polar surface area (TPSA) is 212 Å². The molecule has 0 spiro atoms. The van der Waals surface area contributed by atoms with E-state index in [0.717, 1.165) is 22.3 Å². The van der Waals surface area contributed by atoms with Crippen LogP contribution >= 0.6 is 0 Å². The Bertz CT molecular complexity index is 1950. The van der Waals surface area contributed by atoms with Crippen molar-refractivity contribution in [2.24, 2.45) is 5.73 Å². The zero-order chi connectivity index (χ0) is 42.1. The number of hydrogen-bond donors (Lipinski definition) is 3. The van der Waals surface area contributed by atoms with E-state index in [2.05, 4.69) is 9.97 Å². The fourth-order valence-corrected chi connectivity index (χ4v) is 5.36. The maximum absolute atomic E-state index is 13.2. The summed E-state index contributed by atoms with van der Waals surface area (Å²) in [5, 5.41) is 18.6. The van der Waals surface area contributed by atoms with Gasteiger partial charge in [-0.25, -0.2) is 38.3 Å². The first-order valence-corrected chi connectivity index (χ1v) is 17.9. The van der Waals surface area contributed by atoms with Gasteiger partial charge in [-0.1, -0.05) is 47.5 Å². The van der Waals surface area contributed by atoms with Crippen LogP contribution in [0.15, 0.2) is 85.2 Å². The SMILES string of the molecule is CC(C)(C)OC(=O)N1CCN(c2ncc(C(C)(N)c3ccc(F)cc3)cn2)CC1.Cc1ccc(C(=O)OC(C(=O)O)C(OC(=O)c2ccc(C)cc2)C(=O)O)cc1. The molecule has 5 rings (SSSR count). The van der Waals surface area contributed by atoms with Crippen molar-refractivity contribution in [3.63, 3.8) is 0 Å². The van der Waals surface area contributed by atoms with Crippen LogP contribution in [0.2, 0.25) is 0 Å². The molecule has 3 atom stereocenters. The zero-order valence-electron chi connectivity index (χ0n) is 32.5. The molecule has 57 heavy (non-hydrogen) atoms. The number of carbonyl (C=O) groups excluding carboxylic acids is 3. The molecule has 4 aromatic rings. The normalized spacial score (nSPS) is 14.8. The van der Waals surface area contributed by atoms with Gasteiger partial charge in [-0.15, -0.1) is 0 Å². The lowest BCUT2D eigenvalue weighted by Crippen LogP contribution is -2.50. The number of nitrogens with two attached hydrogens (primary N) is 1. The Morgan fingerprint density at radius 2 is 1.11 bits per heavy atom. The van der Waals surface area contributed by atoms with Crippen LogP contribution in [0, 0.1) is 19.7 Å². The van der Waals surface area contributed by atoms with Crippen LogP contribution in [-0.4, -0.2) is 99.0 Å². The van der Waals surface area contributed by atoms with E-state index in [1.54, 1.807) is 67.5 Å². The maximum atomic E-state index is 13.2. The van der Waals surface area contributed by atoms with E-state index in [1.807, 2.05) is 32.6 Å². The third-order valence-electron chi connectivity index (χ3n) is 8.70. The van der Waals surface area contributed by atoms with Gasteiger partial charge in [0, 0.05) is 44.1 Å². The number of halogens is 1. The summed E-state index contributed by atoms with van der Waals surface area (Å²) in [7, 11) is 0. The average molecular weight is 788 g/mol.